The van der Waals surface area contributed by atoms with Gasteiger partial charge in [-0.15, -0.1) is 0 Å². The molecule has 0 N–H and O–H groups in total. The van der Waals surface area contributed by atoms with E-state index in [1.54, 1.807) is 5.57 Å². The van der Waals surface area contributed by atoms with Crippen molar-refractivity contribution < 1.29 is 0 Å². The maximum absolute atomic E-state index is 3.76. The summed E-state index contributed by atoms with van der Waals surface area (Å²) in [7, 11) is 0. The van der Waals surface area contributed by atoms with E-state index in [1.165, 1.54) is 44.9 Å². The van der Waals surface area contributed by atoms with Crippen LogP contribution in [0.3, 0.4) is 0 Å². The molecule has 0 aliphatic heterocycles. The van der Waals surface area contributed by atoms with E-state index >= 15 is 0 Å². The maximum Gasteiger partial charge on any atom is -0.0317 e. The Kier molecular flexibility index (Phi) is 9.18. The number of unbranched alkanes of at least 4 members (excludes halogenated alkanes) is 3. The summed E-state index contributed by atoms with van der Waals surface area (Å²) in [5.74, 6) is 0. The van der Waals surface area contributed by atoms with Gasteiger partial charge in [-0.25, -0.2) is 0 Å². The second-order valence-electron chi connectivity index (χ2n) is 3.62. The van der Waals surface area contributed by atoms with Gasteiger partial charge in [-0.1, -0.05) is 57.4 Å². The zero-order valence-corrected chi connectivity index (χ0v) is 9.31. The Labute approximate surface area is 83.7 Å². The molecule has 0 nitrogen and oxygen atoms in total. The summed E-state index contributed by atoms with van der Waals surface area (Å²) in [6.45, 7) is 8.26. The zero-order valence-electron chi connectivity index (χ0n) is 9.31. The molecule has 0 radical (unpaired) electrons. The highest BCUT2D eigenvalue weighted by atomic mass is 14.0. The standard InChI is InChI=1S/C13H24/c1-4-7-9-12-13(10-6-3)11-8-5-2/h6,10H,3-5,7-9,11-12H2,1-2H3/b13-10-. The van der Waals surface area contributed by atoms with E-state index in [1.807, 2.05) is 6.08 Å². The van der Waals surface area contributed by atoms with Crippen LogP contribution in [0.5, 0.6) is 0 Å². The summed E-state index contributed by atoms with van der Waals surface area (Å²) >= 11 is 0. The molecule has 0 saturated heterocycles. The molecular weight excluding hydrogens is 156 g/mol. The van der Waals surface area contributed by atoms with Gasteiger partial charge in [0.1, 0.15) is 0 Å². The van der Waals surface area contributed by atoms with Crippen LogP contribution in [0.2, 0.25) is 0 Å². The Morgan fingerprint density at radius 1 is 1.00 bits per heavy atom. The lowest BCUT2D eigenvalue weighted by Gasteiger charge is -2.05. The third-order valence-electron chi connectivity index (χ3n) is 2.31. The van der Waals surface area contributed by atoms with Gasteiger partial charge in [-0.2, -0.15) is 0 Å². The van der Waals surface area contributed by atoms with Crippen molar-refractivity contribution >= 4 is 0 Å². The van der Waals surface area contributed by atoms with Crippen molar-refractivity contribution in [2.75, 3.05) is 0 Å². The average molecular weight is 180 g/mol. The van der Waals surface area contributed by atoms with Crippen molar-refractivity contribution in [3.63, 3.8) is 0 Å². The third kappa shape index (κ3) is 7.83. The predicted octanol–water partition coefficient (Wildman–Crippen LogP) is 4.87. The second-order valence-corrected chi connectivity index (χ2v) is 3.62. The van der Waals surface area contributed by atoms with Crippen LogP contribution in [0.1, 0.15) is 58.8 Å². The van der Waals surface area contributed by atoms with Gasteiger partial charge >= 0.3 is 0 Å². The normalized spacial score (nSPS) is 11.7. The fraction of sp³-hybridized carbons (Fsp3) is 0.692. The highest BCUT2D eigenvalue weighted by Gasteiger charge is 1.95. The first kappa shape index (κ1) is 12.5. The predicted molar refractivity (Wildman–Crippen MR) is 61.9 cm³/mol. The van der Waals surface area contributed by atoms with Gasteiger partial charge in [0.2, 0.25) is 0 Å². The van der Waals surface area contributed by atoms with Crippen molar-refractivity contribution in [2.24, 2.45) is 0 Å². The average Bonchev–Trinajstić information content (AvgIpc) is 2.14. The monoisotopic (exact) mass is 180 g/mol. The maximum atomic E-state index is 3.76. The molecule has 0 aromatic rings. The van der Waals surface area contributed by atoms with E-state index in [0.29, 0.717) is 0 Å². The molecule has 76 valence electrons. The van der Waals surface area contributed by atoms with E-state index in [-0.39, 0.29) is 0 Å². The smallest absolute Gasteiger partial charge is 0.0317 e. The molecule has 0 rings (SSSR count). The number of hydrogen-bond donors (Lipinski definition) is 0. The molecule has 0 bridgehead atoms. The van der Waals surface area contributed by atoms with Crippen molar-refractivity contribution in [1.29, 1.82) is 0 Å². The van der Waals surface area contributed by atoms with Crippen LogP contribution in [-0.2, 0) is 0 Å². The van der Waals surface area contributed by atoms with Crippen LogP contribution in [-0.4, -0.2) is 0 Å². The number of hydrogen-bond acceptors (Lipinski definition) is 0. The van der Waals surface area contributed by atoms with Crippen molar-refractivity contribution in [3.8, 4) is 0 Å². The molecule has 0 atom stereocenters. The Hall–Kier alpha value is -0.520. The van der Waals surface area contributed by atoms with Gasteiger partial charge in [0.05, 0.1) is 0 Å². The molecule has 0 aliphatic carbocycles. The van der Waals surface area contributed by atoms with E-state index in [0.717, 1.165) is 0 Å². The lowest BCUT2D eigenvalue weighted by atomic mass is 10.0. The van der Waals surface area contributed by atoms with E-state index in [4.69, 9.17) is 0 Å². The van der Waals surface area contributed by atoms with Crippen molar-refractivity contribution in [1.82, 2.24) is 0 Å². The lowest BCUT2D eigenvalue weighted by Crippen LogP contribution is -1.85. The van der Waals surface area contributed by atoms with E-state index < -0.39 is 0 Å². The van der Waals surface area contributed by atoms with Gasteiger partial charge in [0.15, 0.2) is 0 Å². The summed E-state index contributed by atoms with van der Waals surface area (Å²) in [6, 6.07) is 0. The molecule has 0 aromatic carbocycles. The molecule has 0 aliphatic rings. The highest BCUT2D eigenvalue weighted by molar-refractivity contribution is 5.10. The first-order valence-corrected chi connectivity index (χ1v) is 5.65. The van der Waals surface area contributed by atoms with Gasteiger partial charge < -0.3 is 0 Å². The summed E-state index contributed by atoms with van der Waals surface area (Å²) in [6.07, 6.45) is 13.3. The molecule has 0 saturated carbocycles. The molecular formula is C13H24. The SMILES string of the molecule is C=C/C=C(/CCCC)CCCCC. The fourth-order valence-corrected chi connectivity index (χ4v) is 1.46. The van der Waals surface area contributed by atoms with Crippen LogP contribution in [0, 0.1) is 0 Å². The first-order valence-electron chi connectivity index (χ1n) is 5.65. The second kappa shape index (κ2) is 9.57. The zero-order chi connectivity index (χ0) is 9.94. The minimum absolute atomic E-state index is 1.27. The summed E-state index contributed by atoms with van der Waals surface area (Å²) in [5.41, 5.74) is 1.59. The summed E-state index contributed by atoms with van der Waals surface area (Å²) in [5, 5.41) is 0. The quantitative estimate of drug-likeness (QED) is 0.369. The number of rotatable bonds is 8. The van der Waals surface area contributed by atoms with Gasteiger partial charge in [0, 0.05) is 0 Å². The minimum Gasteiger partial charge on any atom is -0.0991 e. The van der Waals surface area contributed by atoms with Gasteiger partial charge in [-0.05, 0) is 25.7 Å². The van der Waals surface area contributed by atoms with Crippen LogP contribution < -0.4 is 0 Å². The molecule has 0 amide bonds. The van der Waals surface area contributed by atoms with Gasteiger partial charge in [0.25, 0.3) is 0 Å². The molecule has 0 unspecified atom stereocenters. The van der Waals surface area contributed by atoms with Crippen molar-refractivity contribution in [3.05, 3.63) is 24.3 Å². The summed E-state index contributed by atoms with van der Waals surface area (Å²) < 4.78 is 0. The first-order chi connectivity index (χ1) is 6.35. The Balaban J connectivity index is 3.67. The Morgan fingerprint density at radius 3 is 2.15 bits per heavy atom. The minimum atomic E-state index is 1.27. The number of allylic oxidation sites excluding steroid dienone is 3. The molecule has 0 heteroatoms. The van der Waals surface area contributed by atoms with Crippen LogP contribution in [0.25, 0.3) is 0 Å². The third-order valence-corrected chi connectivity index (χ3v) is 2.31. The lowest BCUT2D eigenvalue weighted by molar-refractivity contribution is 0.678. The molecule has 0 fully saturated rings. The summed E-state index contributed by atoms with van der Waals surface area (Å²) in [4.78, 5) is 0. The van der Waals surface area contributed by atoms with Gasteiger partial charge in [-0.3, -0.25) is 0 Å². The highest BCUT2D eigenvalue weighted by Crippen LogP contribution is 2.15. The fourth-order valence-electron chi connectivity index (χ4n) is 1.46. The Bertz CT molecular complexity index is 142. The molecule has 0 heterocycles. The van der Waals surface area contributed by atoms with E-state index in [2.05, 4.69) is 26.5 Å². The molecule has 0 spiro atoms. The van der Waals surface area contributed by atoms with E-state index in [9.17, 15) is 0 Å². The Morgan fingerprint density at radius 2 is 1.62 bits per heavy atom. The largest absolute Gasteiger partial charge is 0.0991 e. The van der Waals surface area contributed by atoms with Crippen LogP contribution in [0.4, 0.5) is 0 Å². The molecule has 13 heavy (non-hydrogen) atoms. The van der Waals surface area contributed by atoms with Crippen LogP contribution >= 0.6 is 0 Å². The molecule has 0 aromatic heterocycles. The van der Waals surface area contributed by atoms with Crippen molar-refractivity contribution in [2.45, 2.75) is 58.8 Å². The van der Waals surface area contributed by atoms with Crippen LogP contribution in [0.15, 0.2) is 24.3 Å². The topological polar surface area (TPSA) is 0 Å².